The first-order chi connectivity index (χ1) is 17.5. The van der Waals surface area contributed by atoms with Crippen molar-refractivity contribution in [2.24, 2.45) is 15.4 Å². The van der Waals surface area contributed by atoms with Crippen LogP contribution in [-0.2, 0) is 28.3 Å². The van der Waals surface area contributed by atoms with Crippen LogP contribution in [0.5, 0.6) is 5.75 Å². The fourth-order valence-electron chi connectivity index (χ4n) is 5.14. The van der Waals surface area contributed by atoms with Gasteiger partial charge >= 0.3 is 5.97 Å². The SMILES string of the molecule is CCCCCc1cccc(O)c1C1=N[C@@H]([C@H]2SC[C@@H]([C@@H](O)C(C)(C)C3=N[C@@](C)(C(=O)O)CS3)N2C)CS1.[Cu]. The summed E-state index contributed by atoms with van der Waals surface area (Å²) in [6, 6.07) is 5.73. The van der Waals surface area contributed by atoms with Crippen molar-refractivity contribution in [3.63, 3.8) is 0 Å². The molecule has 0 amide bonds. The van der Waals surface area contributed by atoms with E-state index in [1.807, 2.05) is 38.7 Å². The standard InChI is InChI=1S/C27H39N3O4S3.Cu/c1-6-7-8-10-16-11-9-12-19(31)20(16)22-28-17(13-35-22)23-30(5)18(14-36-23)21(32)26(2,3)24-29-27(4,15-37-24)25(33)34;/h9,11-12,17-18,21,23,31-32H,6-8,10,13-15H2,1-5H3,(H,33,34);/t17-,18+,21-,23-,27-;/m1./s1. The Morgan fingerprint density at radius 1 is 1.26 bits per heavy atom. The van der Waals surface area contributed by atoms with Crippen molar-refractivity contribution >= 4 is 51.3 Å². The number of aliphatic carboxylic acids is 1. The van der Waals surface area contributed by atoms with Crippen LogP contribution in [0.1, 0.15) is 58.1 Å². The number of aliphatic hydroxyl groups is 1. The second-order valence-corrected chi connectivity index (χ2v) is 14.1. The Labute approximate surface area is 249 Å². The molecule has 4 rings (SSSR count). The molecule has 0 bridgehead atoms. The van der Waals surface area contributed by atoms with E-state index in [1.54, 1.807) is 24.8 Å². The van der Waals surface area contributed by atoms with E-state index in [-0.39, 0.29) is 34.5 Å². The number of likely N-dealkylation sites (N-methyl/N-ethyl adjacent to an activating group) is 1. The minimum atomic E-state index is -1.14. The van der Waals surface area contributed by atoms with Crippen molar-refractivity contribution < 1.29 is 37.2 Å². The van der Waals surface area contributed by atoms with E-state index in [2.05, 4.69) is 22.9 Å². The third-order valence-corrected chi connectivity index (χ3v) is 11.9. The summed E-state index contributed by atoms with van der Waals surface area (Å²) in [6.45, 7) is 7.75. The Hall–Kier alpha value is -0.681. The van der Waals surface area contributed by atoms with Gasteiger partial charge in [0.15, 0.2) is 5.54 Å². The monoisotopic (exact) mass is 628 g/mol. The van der Waals surface area contributed by atoms with Crippen LogP contribution in [0.4, 0.5) is 0 Å². The van der Waals surface area contributed by atoms with Gasteiger partial charge in [0.05, 0.1) is 28.1 Å². The molecule has 1 aromatic rings. The van der Waals surface area contributed by atoms with Crippen molar-refractivity contribution in [1.82, 2.24) is 4.90 Å². The number of aryl methyl sites for hydroxylation is 1. The number of aliphatic hydroxyl groups excluding tert-OH is 1. The summed E-state index contributed by atoms with van der Waals surface area (Å²) in [7, 11) is 2.05. The maximum atomic E-state index is 11.7. The molecule has 1 saturated heterocycles. The molecular weight excluding hydrogens is 590 g/mol. The summed E-state index contributed by atoms with van der Waals surface area (Å²) in [5.41, 5.74) is 0.243. The molecule has 1 aromatic carbocycles. The maximum Gasteiger partial charge on any atom is 0.332 e. The van der Waals surface area contributed by atoms with Gasteiger partial charge in [-0.05, 0) is 38.4 Å². The van der Waals surface area contributed by atoms with E-state index >= 15 is 0 Å². The largest absolute Gasteiger partial charge is 0.507 e. The quantitative estimate of drug-likeness (QED) is 0.252. The molecule has 3 aliphatic rings. The van der Waals surface area contributed by atoms with Crippen LogP contribution in [0, 0.1) is 5.41 Å². The summed E-state index contributed by atoms with van der Waals surface area (Å²) in [5.74, 6) is 1.36. The first kappa shape index (κ1) is 31.8. The molecule has 38 heavy (non-hydrogen) atoms. The third kappa shape index (κ3) is 6.29. The number of thioether (sulfide) groups is 3. The Morgan fingerprint density at radius 2 is 2.00 bits per heavy atom. The first-order valence-electron chi connectivity index (χ1n) is 13.0. The molecule has 0 saturated carbocycles. The van der Waals surface area contributed by atoms with Crippen molar-refractivity contribution in [3.05, 3.63) is 29.3 Å². The maximum absolute atomic E-state index is 11.7. The van der Waals surface area contributed by atoms with Crippen LogP contribution >= 0.6 is 35.3 Å². The molecule has 3 aliphatic heterocycles. The molecule has 5 atom stereocenters. The second-order valence-electron chi connectivity index (χ2n) is 11.0. The van der Waals surface area contributed by atoms with Gasteiger partial charge in [0, 0.05) is 45.8 Å². The molecule has 3 N–H and O–H groups in total. The van der Waals surface area contributed by atoms with Crippen LogP contribution in [0.15, 0.2) is 28.2 Å². The zero-order chi connectivity index (χ0) is 27.0. The van der Waals surface area contributed by atoms with Crippen molar-refractivity contribution in [1.29, 1.82) is 0 Å². The summed E-state index contributed by atoms with van der Waals surface area (Å²) in [6.07, 6.45) is 3.66. The van der Waals surface area contributed by atoms with Gasteiger partial charge in [-0.2, -0.15) is 0 Å². The molecule has 0 spiro atoms. The van der Waals surface area contributed by atoms with Crippen molar-refractivity contribution in [2.75, 3.05) is 24.3 Å². The van der Waals surface area contributed by atoms with Gasteiger partial charge in [-0.1, -0.05) is 45.7 Å². The average Bonchev–Trinajstić information content (AvgIpc) is 3.58. The summed E-state index contributed by atoms with van der Waals surface area (Å²) in [4.78, 5) is 23.5. The van der Waals surface area contributed by atoms with Crippen LogP contribution in [0.3, 0.4) is 0 Å². The predicted octanol–water partition coefficient (Wildman–Crippen LogP) is 4.73. The van der Waals surface area contributed by atoms with Gasteiger partial charge in [0.1, 0.15) is 10.8 Å². The fraction of sp³-hybridized carbons (Fsp3) is 0.667. The molecule has 1 radical (unpaired) electrons. The number of carbonyl (C=O) groups is 1. The third-order valence-electron chi connectivity index (χ3n) is 7.71. The Balaban J connectivity index is 0.00000400. The van der Waals surface area contributed by atoms with Crippen LogP contribution < -0.4 is 0 Å². The van der Waals surface area contributed by atoms with E-state index in [0.717, 1.165) is 46.9 Å². The molecule has 0 unspecified atom stereocenters. The summed E-state index contributed by atoms with van der Waals surface area (Å²) >= 11 is 4.96. The Bertz CT molecular complexity index is 1090. The number of benzene rings is 1. The van der Waals surface area contributed by atoms with Gasteiger partial charge < -0.3 is 15.3 Å². The molecule has 1 fully saturated rings. The Morgan fingerprint density at radius 3 is 2.66 bits per heavy atom. The second kappa shape index (κ2) is 12.9. The normalized spacial score (nSPS) is 28.6. The predicted molar refractivity (Wildman–Crippen MR) is 158 cm³/mol. The minimum absolute atomic E-state index is 0. The number of carboxylic acids is 1. The number of unbranched alkanes of at least 4 members (excludes halogenated alkanes) is 2. The number of hydrogen-bond acceptors (Lipinski definition) is 9. The molecule has 0 aliphatic carbocycles. The van der Waals surface area contributed by atoms with Crippen molar-refractivity contribution in [2.45, 2.75) is 82.5 Å². The van der Waals surface area contributed by atoms with Gasteiger partial charge in [-0.25, -0.2) is 4.79 Å². The molecule has 7 nitrogen and oxygen atoms in total. The molecule has 3 heterocycles. The van der Waals surface area contributed by atoms with Crippen LogP contribution in [0.2, 0.25) is 0 Å². The number of rotatable bonds is 10. The number of aliphatic imine (C=N–C) groups is 2. The van der Waals surface area contributed by atoms with E-state index in [0.29, 0.717) is 16.5 Å². The molecule has 0 aromatic heterocycles. The van der Waals surface area contributed by atoms with Gasteiger partial charge in [0.25, 0.3) is 0 Å². The smallest absolute Gasteiger partial charge is 0.332 e. The fourth-order valence-corrected chi connectivity index (χ4v) is 9.39. The molecule has 11 heteroatoms. The first-order valence-corrected chi connectivity index (χ1v) is 16.0. The number of nitrogens with zero attached hydrogens (tertiary/aromatic N) is 3. The van der Waals surface area contributed by atoms with Crippen LogP contribution in [-0.4, -0.2) is 89.7 Å². The average molecular weight is 629 g/mol. The number of aromatic hydroxyl groups is 1. The van der Waals surface area contributed by atoms with E-state index < -0.39 is 23.0 Å². The Kier molecular flexibility index (Phi) is 10.8. The van der Waals surface area contributed by atoms with E-state index in [9.17, 15) is 20.1 Å². The van der Waals surface area contributed by atoms with Gasteiger partial charge in [-0.15, -0.1) is 35.3 Å². The van der Waals surface area contributed by atoms with Gasteiger partial charge in [-0.3, -0.25) is 14.9 Å². The van der Waals surface area contributed by atoms with Crippen LogP contribution in [0.25, 0.3) is 0 Å². The molecular formula is C27H39CuN3O4S3. The summed E-state index contributed by atoms with van der Waals surface area (Å²) < 4.78 is 0. The van der Waals surface area contributed by atoms with Gasteiger partial charge in [0.2, 0.25) is 0 Å². The summed E-state index contributed by atoms with van der Waals surface area (Å²) in [5, 5.41) is 33.5. The minimum Gasteiger partial charge on any atom is -0.507 e. The number of carboxylic acid groups (broad SMARTS) is 1. The zero-order valence-corrected chi connectivity index (χ0v) is 26.0. The van der Waals surface area contributed by atoms with Crippen molar-refractivity contribution in [3.8, 4) is 5.75 Å². The zero-order valence-electron chi connectivity index (χ0n) is 22.6. The molecule has 215 valence electrons. The number of phenols is 1. The van der Waals surface area contributed by atoms with E-state index in [1.165, 1.54) is 18.2 Å². The topological polar surface area (TPSA) is 106 Å². The number of phenolic OH excluding ortho intramolecular Hbond substituents is 1. The number of hydrogen-bond donors (Lipinski definition) is 3. The van der Waals surface area contributed by atoms with E-state index in [4.69, 9.17) is 4.99 Å².